The monoisotopic (exact) mass is 314 g/mol. The summed E-state index contributed by atoms with van der Waals surface area (Å²) < 4.78 is 11.2. The summed E-state index contributed by atoms with van der Waals surface area (Å²) in [7, 11) is -1.08. The first-order valence-corrected chi connectivity index (χ1v) is 7.81. The van der Waals surface area contributed by atoms with Crippen molar-refractivity contribution in [2.45, 2.75) is 12.2 Å². The minimum absolute atomic E-state index is 0.0180. The number of benzene rings is 1. The highest BCUT2D eigenvalue weighted by Crippen LogP contribution is 2.18. The summed E-state index contributed by atoms with van der Waals surface area (Å²) >= 11 is 0. The van der Waals surface area contributed by atoms with E-state index in [-0.39, 0.29) is 17.5 Å². The Balaban J connectivity index is 2.82. The Kier molecular flexibility index (Phi) is 6.16. The lowest BCUT2D eigenvalue weighted by Gasteiger charge is -2.22. The molecule has 2 unspecified atom stereocenters. The zero-order chi connectivity index (χ0) is 16.0. The lowest BCUT2D eigenvalue weighted by atomic mass is 10.2. The smallest absolute Gasteiger partial charge is 0.323 e. The molecule has 7 nitrogen and oxygen atoms in total. The summed E-state index contributed by atoms with van der Waals surface area (Å²) in [6.45, 7) is 1.38. The number of carbonyl (C=O) groups is 2. The van der Waals surface area contributed by atoms with Crippen LogP contribution in [0.3, 0.4) is 0 Å². The largest absolute Gasteiger partial charge is 0.508 e. The molecule has 1 aromatic carbocycles. The van der Waals surface area contributed by atoms with Crippen molar-refractivity contribution in [3.63, 3.8) is 0 Å². The van der Waals surface area contributed by atoms with Gasteiger partial charge in [0.2, 0.25) is 0 Å². The predicted molar refractivity (Wildman–Crippen MR) is 80.0 cm³/mol. The van der Waals surface area contributed by atoms with Gasteiger partial charge >= 0.3 is 12.0 Å². The van der Waals surface area contributed by atoms with Crippen LogP contribution in [0.5, 0.6) is 5.75 Å². The van der Waals surface area contributed by atoms with Gasteiger partial charge in [0.1, 0.15) is 12.3 Å². The van der Waals surface area contributed by atoms with E-state index < -0.39 is 29.3 Å². The van der Waals surface area contributed by atoms with Gasteiger partial charge in [0, 0.05) is 34.5 Å². The first-order valence-electron chi connectivity index (χ1n) is 6.19. The minimum atomic E-state index is -1.16. The molecule has 0 aliphatic heterocycles. The van der Waals surface area contributed by atoms with E-state index >= 15 is 0 Å². The van der Waals surface area contributed by atoms with Gasteiger partial charge in [-0.25, -0.2) is 4.79 Å². The maximum Gasteiger partial charge on any atom is 0.323 e. The van der Waals surface area contributed by atoms with Crippen molar-refractivity contribution < 1.29 is 24.0 Å². The topological polar surface area (TPSA) is 107 Å². The van der Waals surface area contributed by atoms with E-state index in [4.69, 9.17) is 5.11 Å². The van der Waals surface area contributed by atoms with Gasteiger partial charge in [-0.05, 0) is 31.2 Å². The van der Waals surface area contributed by atoms with E-state index in [1.165, 1.54) is 30.5 Å². The summed E-state index contributed by atoms with van der Waals surface area (Å²) in [4.78, 5) is 24.0. The number of carboxylic acids is 1. The molecular weight excluding hydrogens is 296 g/mol. The van der Waals surface area contributed by atoms with Gasteiger partial charge in [0.15, 0.2) is 0 Å². The number of urea groups is 1. The van der Waals surface area contributed by atoms with Gasteiger partial charge in [0.05, 0.1) is 0 Å². The normalized spacial score (nSPS) is 13.2. The standard InChI is InChI=1S/C13H18N2O5S/c1-9(21(2)20)7-14-13(19)15(8-12(17)18)10-3-5-11(16)6-4-10/h3-6,9,16H,7-8H2,1-2H3,(H,14,19)(H,17,18). The Morgan fingerprint density at radius 3 is 2.38 bits per heavy atom. The number of aliphatic carboxylic acids is 1. The summed E-state index contributed by atoms with van der Waals surface area (Å²) in [5.74, 6) is -1.14. The molecule has 21 heavy (non-hydrogen) atoms. The van der Waals surface area contributed by atoms with E-state index in [0.717, 1.165) is 4.90 Å². The average molecular weight is 314 g/mol. The van der Waals surface area contributed by atoms with E-state index in [0.29, 0.717) is 5.69 Å². The number of carbonyl (C=O) groups excluding carboxylic acids is 1. The molecule has 0 fully saturated rings. The molecule has 0 saturated heterocycles. The molecule has 0 radical (unpaired) electrons. The van der Waals surface area contributed by atoms with Crippen molar-refractivity contribution in [3.8, 4) is 5.75 Å². The van der Waals surface area contributed by atoms with Crippen molar-refractivity contribution in [1.29, 1.82) is 0 Å². The van der Waals surface area contributed by atoms with Crippen LogP contribution in [0, 0.1) is 0 Å². The molecule has 0 bridgehead atoms. The highest BCUT2D eigenvalue weighted by molar-refractivity contribution is 7.84. The van der Waals surface area contributed by atoms with E-state index in [2.05, 4.69) is 5.32 Å². The molecule has 0 aliphatic carbocycles. The number of aromatic hydroxyl groups is 1. The number of hydrogen-bond acceptors (Lipinski definition) is 4. The molecule has 0 aliphatic rings. The molecular formula is C13H18N2O5S. The fourth-order valence-corrected chi connectivity index (χ4v) is 1.81. The van der Waals surface area contributed by atoms with Crippen LogP contribution in [0.1, 0.15) is 6.92 Å². The van der Waals surface area contributed by atoms with Gasteiger partial charge < -0.3 is 15.5 Å². The molecule has 0 spiro atoms. The Bertz CT molecular complexity index is 532. The summed E-state index contributed by atoms with van der Waals surface area (Å²) in [5, 5.41) is 20.4. The second-order valence-corrected chi connectivity index (χ2v) is 6.29. The third-order valence-electron chi connectivity index (χ3n) is 2.81. The van der Waals surface area contributed by atoms with Crippen molar-refractivity contribution in [3.05, 3.63) is 24.3 Å². The molecule has 0 heterocycles. The molecule has 1 rings (SSSR count). The second-order valence-electron chi connectivity index (χ2n) is 4.49. The van der Waals surface area contributed by atoms with Gasteiger partial charge in [-0.15, -0.1) is 0 Å². The molecule has 116 valence electrons. The SMILES string of the molecule is CC(CNC(=O)N(CC(=O)O)c1ccc(O)cc1)S(C)=O. The summed E-state index contributed by atoms with van der Waals surface area (Å²) in [6, 6.07) is 5.02. The highest BCUT2D eigenvalue weighted by Gasteiger charge is 2.19. The van der Waals surface area contributed by atoms with Crippen LogP contribution >= 0.6 is 0 Å². The number of anilines is 1. The van der Waals surface area contributed by atoms with Gasteiger partial charge in [-0.2, -0.15) is 0 Å². The lowest BCUT2D eigenvalue weighted by Crippen LogP contribution is -2.45. The van der Waals surface area contributed by atoms with Crippen LogP contribution in [0.25, 0.3) is 0 Å². The number of hydrogen-bond donors (Lipinski definition) is 3. The van der Waals surface area contributed by atoms with Gasteiger partial charge in [0.25, 0.3) is 0 Å². The average Bonchev–Trinajstić information content (AvgIpc) is 2.42. The quantitative estimate of drug-likeness (QED) is 0.718. The number of carboxylic acid groups (broad SMARTS) is 1. The third kappa shape index (κ3) is 5.42. The van der Waals surface area contributed by atoms with E-state index in [1.807, 2.05) is 0 Å². The molecule has 8 heteroatoms. The van der Waals surface area contributed by atoms with Crippen molar-refractivity contribution in [2.75, 3.05) is 24.2 Å². The number of phenols is 1. The predicted octanol–water partition coefficient (Wildman–Crippen LogP) is 0.760. The van der Waals surface area contributed by atoms with Gasteiger partial charge in [-0.3, -0.25) is 13.9 Å². The Hall–Kier alpha value is -2.09. The van der Waals surface area contributed by atoms with Crippen LogP contribution in [-0.2, 0) is 15.6 Å². The second kappa shape index (κ2) is 7.63. The Morgan fingerprint density at radius 1 is 1.33 bits per heavy atom. The molecule has 3 N–H and O–H groups in total. The molecule has 2 atom stereocenters. The molecule has 0 aromatic heterocycles. The minimum Gasteiger partial charge on any atom is -0.508 e. The number of phenolic OH excluding ortho intramolecular Hbond substituents is 1. The van der Waals surface area contributed by atoms with Crippen LogP contribution in [-0.4, -0.2) is 51.0 Å². The van der Waals surface area contributed by atoms with Crippen molar-refractivity contribution >= 4 is 28.5 Å². The lowest BCUT2D eigenvalue weighted by molar-refractivity contribution is -0.135. The molecule has 0 saturated carbocycles. The maximum atomic E-state index is 12.1. The van der Waals surface area contributed by atoms with E-state index in [9.17, 15) is 18.9 Å². The number of nitrogens with one attached hydrogen (secondary N) is 1. The first kappa shape index (κ1) is 17.0. The van der Waals surface area contributed by atoms with Crippen LogP contribution < -0.4 is 10.2 Å². The van der Waals surface area contributed by atoms with Crippen molar-refractivity contribution in [2.24, 2.45) is 0 Å². The number of nitrogens with zero attached hydrogens (tertiary/aromatic N) is 1. The highest BCUT2D eigenvalue weighted by atomic mass is 32.2. The maximum absolute atomic E-state index is 12.1. The summed E-state index contributed by atoms with van der Waals surface area (Å²) in [5.41, 5.74) is 0.345. The Morgan fingerprint density at radius 2 is 1.90 bits per heavy atom. The fourth-order valence-electron chi connectivity index (χ4n) is 1.49. The van der Waals surface area contributed by atoms with Crippen LogP contribution in [0.4, 0.5) is 10.5 Å². The van der Waals surface area contributed by atoms with Crippen molar-refractivity contribution in [1.82, 2.24) is 5.32 Å². The number of rotatable bonds is 6. The van der Waals surface area contributed by atoms with Crippen LogP contribution in [0.2, 0.25) is 0 Å². The Labute approximate surface area is 125 Å². The third-order valence-corrected chi connectivity index (χ3v) is 4.11. The van der Waals surface area contributed by atoms with Gasteiger partial charge in [-0.1, -0.05) is 0 Å². The van der Waals surface area contributed by atoms with E-state index in [1.54, 1.807) is 6.92 Å². The zero-order valence-electron chi connectivity index (χ0n) is 11.8. The first-order chi connectivity index (χ1) is 9.81. The number of amides is 2. The molecule has 2 amide bonds. The zero-order valence-corrected chi connectivity index (χ0v) is 12.6. The summed E-state index contributed by atoms with van der Waals surface area (Å²) in [6.07, 6.45) is 1.53. The molecule has 1 aromatic rings. The fraction of sp³-hybridized carbons (Fsp3) is 0.385. The van der Waals surface area contributed by atoms with Crippen LogP contribution in [0.15, 0.2) is 24.3 Å².